The summed E-state index contributed by atoms with van der Waals surface area (Å²) in [5.41, 5.74) is 0.436. The lowest BCUT2D eigenvalue weighted by molar-refractivity contribution is 0.448. The molecule has 4 aromatic rings. The molecular weight excluding hydrogens is 492 g/mol. The molecule has 0 bridgehead atoms. The number of azo groups is 1. The number of hydrogen-bond donors (Lipinski definition) is 3. The maximum absolute atomic E-state index is 11.8. The zero-order chi connectivity index (χ0) is 24.0. The Morgan fingerprint density at radius 3 is 2.58 bits per heavy atom. The average molecular weight is 505 g/mol. The number of benzene rings is 2. The fourth-order valence-electron chi connectivity index (χ4n) is 3.08. The normalized spacial score (nSPS) is 12.4. The Hall–Kier alpha value is -3.71. The van der Waals surface area contributed by atoms with Crippen molar-refractivity contribution in [1.29, 1.82) is 5.26 Å². The number of sulfonamides is 1. The lowest BCUT2D eigenvalue weighted by Crippen LogP contribution is -2.10. The van der Waals surface area contributed by atoms with Crippen molar-refractivity contribution in [2.75, 3.05) is 11.0 Å². The minimum atomic E-state index is -4.86. The van der Waals surface area contributed by atoms with Crippen LogP contribution in [0.4, 0.5) is 16.4 Å². The summed E-state index contributed by atoms with van der Waals surface area (Å²) in [5.74, 6) is -0.783. The molecule has 0 atom stereocenters. The van der Waals surface area contributed by atoms with E-state index in [0.717, 1.165) is 23.9 Å². The topological polar surface area (TPSA) is 195 Å². The first-order valence-corrected chi connectivity index (χ1v) is 12.9. The van der Waals surface area contributed by atoms with Crippen molar-refractivity contribution in [3.63, 3.8) is 0 Å². The van der Waals surface area contributed by atoms with Gasteiger partial charge in [-0.3, -0.25) is 14.3 Å². The molecule has 0 radical (unpaired) electrons. The van der Waals surface area contributed by atoms with Crippen molar-refractivity contribution >= 4 is 69.7 Å². The molecule has 168 valence electrons. The minimum absolute atomic E-state index is 0.00346. The van der Waals surface area contributed by atoms with E-state index < -0.39 is 30.8 Å². The molecule has 0 saturated carbocycles. The van der Waals surface area contributed by atoms with E-state index >= 15 is 0 Å². The number of pyridine rings is 1. The van der Waals surface area contributed by atoms with Gasteiger partial charge in [0, 0.05) is 23.2 Å². The number of aromatic nitrogens is 2. The summed E-state index contributed by atoms with van der Waals surface area (Å²) < 4.78 is 63.2. The van der Waals surface area contributed by atoms with Gasteiger partial charge in [0.25, 0.3) is 10.1 Å². The Morgan fingerprint density at radius 1 is 1.15 bits per heavy atom. The molecule has 0 aliphatic carbocycles. The Morgan fingerprint density at radius 2 is 1.91 bits per heavy atom. The summed E-state index contributed by atoms with van der Waals surface area (Å²) in [6.45, 7) is 0. The van der Waals surface area contributed by atoms with Crippen LogP contribution in [0, 0.1) is 11.3 Å². The van der Waals surface area contributed by atoms with Gasteiger partial charge in [0.05, 0.1) is 28.6 Å². The number of nitriles is 1. The zero-order valence-electron chi connectivity index (χ0n) is 16.5. The molecule has 15 heteroatoms. The Bertz CT molecular complexity index is 1720. The summed E-state index contributed by atoms with van der Waals surface area (Å²) in [6, 6.07) is 6.93. The third kappa shape index (κ3) is 4.32. The first-order valence-electron chi connectivity index (χ1n) is 8.79. The first kappa shape index (κ1) is 22.5. The molecule has 3 N–H and O–H groups in total. The lowest BCUT2D eigenvalue weighted by Gasteiger charge is -2.13. The highest BCUT2D eigenvalue weighted by Crippen LogP contribution is 2.43. The van der Waals surface area contributed by atoms with Crippen LogP contribution in [0.2, 0.25) is 0 Å². The summed E-state index contributed by atoms with van der Waals surface area (Å²) in [6.07, 6.45) is 3.70. The van der Waals surface area contributed by atoms with E-state index in [9.17, 15) is 31.8 Å². The molecule has 0 amide bonds. The first-order chi connectivity index (χ1) is 15.5. The quantitative estimate of drug-likeness (QED) is 0.269. The molecule has 0 unspecified atom stereocenters. The summed E-state index contributed by atoms with van der Waals surface area (Å²) in [7, 11) is -8.61. The van der Waals surface area contributed by atoms with Gasteiger partial charge >= 0.3 is 0 Å². The molecule has 33 heavy (non-hydrogen) atoms. The van der Waals surface area contributed by atoms with Crippen molar-refractivity contribution in [2.45, 2.75) is 4.90 Å². The van der Waals surface area contributed by atoms with Crippen LogP contribution in [0.1, 0.15) is 5.56 Å². The third-order valence-corrected chi connectivity index (χ3v) is 6.60. The molecule has 0 aliphatic rings. The van der Waals surface area contributed by atoms with E-state index in [-0.39, 0.29) is 32.7 Å². The van der Waals surface area contributed by atoms with E-state index in [0.29, 0.717) is 10.9 Å². The van der Waals surface area contributed by atoms with E-state index in [1.807, 2.05) is 6.07 Å². The highest BCUT2D eigenvalue weighted by atomic mass is 32.2. The van der Waals surface area contributed by atoms with Crippen LogP contribution in [-0.2, 0) is 20.1 Å². The molecule has 12 nitrogen and oxygen atoms in total. The highest BCUT2D eigenvalue weighted by Gasteiger charge is 2.23. The van der Waals surface area contributed by atoms with E-state index in [1.165, 1.54) is 30.6 Å². The van der Waals surface area contributed by atoms with Crippen LogP contribution in [0.25, 0.3) is 21.7 Å². The summed E-state index contributed by atoms with van der Waals surface area (Å²) in [4.78, 5) is 3.12. The SMILES string of the molecule is CS(=O)(=O)Nc1cccc2c(O)c(S(=O)(=O)O)cc(N=Nc3snc4c(C#N)cncc34)c12. The van der Waals surface area contributed by atoms with Gasteiger partial charge in [0.15, 0.2) is 5.00 Å². The van der Waals surface area contributed by atoms with Crippen molar-refractivity contribution in [3.8, 4) is 11.8 Å². The van der Waals surface area contributed by atoms with Crippen LogP contribution in [0.15, 0.2) is 51.8 Å². The maximum atomic E-state index is 11.8. The van der Waals surface area contributed by atoms with Gasteiger partial charge in [-0.1, -0.05) is 12.1 Å². The number of nitrogens with one attached hydrogen (secondary N) is 1. The second-order valence-electron chi connectivity index (χ2n) is 6.70. The molecule has 2 aromatic carbocycles. The van der Waals surface area contributed by atoms with E-state index in [4.69, 9.17) is 0 Å². The number of nitrogens with zero attached hydrogens (tertiary/aromatic N) is 5. The van der Waals surface area contributed by atoms with Gasteiger partial charge < -0.3 is 5.11 Å². The highest BCUT2D eigenvalue weighted by molar-refractivity contribution is 7.92. The number of phenols is 1. The number of phenolic OH excluding ortho intramolecular Hbond substituents is 1. The zero-order valence-corrected chi connectivity index (χ0v) is 18.9. The fourth-order valence-corrected chi connectivity index (χ4v) is 4.97. The molecule has 0 aliphatic heterocycles. The predicted molar refractivity (Wildman–Crippen MR) is 120 cm³/mol. The molecule has 2 heterocycles. The van der Waals surface area contributed by atoms with E-state index in [2.05, 4.69) is 24.3 Å². The van der Waals surface area contributed by atoms with Crippen molar-refractivity contribution in [2.24, 2.45) is 10.2 Å². The van der Waals surface area contributed by atoms with Gasteiger partial charge in [0.2, 0.25) is 10.0 Å². The number of rotatable bonds is 5. The standard InChI is InChI=1S/C18H12N6O6S3/c1-32(26,27)24-12-4-2-3-10-15(12)13(5-14(17(10)25)33(28,29)30)21-22-18-11-8-20-7-9(6-19)16(11)23-31-18/h2-5,7-8,24-25H,1H3,(H,28,29,30). The third-order valence-electron chi connectivity index (χ3n) is 4.39. The van der Waals surface area contributed by atoms with Crippen LogP contribution in [0.5, 0.6) is 5.75 Å². The Balaban J connectivity index is 2.00. The minimum Gasteiger partial charge on any atom is -0.506 e. The summed E-state index contributed by atoms with van der Waals surface area (Å²) >= 11 is 0.914. The number of anilines is 1. The van der Waals surface area contributed by atoms with E-state index in [1.54, 1.807) is 0 Å². The number of aromatic hydroxyl groups is 1. The van der Waals surface area contributed by atoms with Crippen LogP contribution >= 0.6 is 11.5 Å². The lowest BCUT2D eigenvalue weighted by atomic mass is 10.1. The number of fused-ring (bicyclic) bond motifs is 2. The van der Waals surface area contributed by atoms with Gasteiger partial charge in [-0.2, -0.15) is 18.1 Å². The second kappa shape index (κ2) is 8.01. The largest absolute Gasteiger partial charge is 0.506 e. The average Bonchev–Trinajstić information content (AvgIpc) is 3.15. The van der Waals surface area contributed by atoms with Crippen LogP contribution < -0.4 is 4.72 Å². The molecule has 4 rings (SSSR count). The molecule has 0 spiro atoms. The van der Waals surface area contributed by atoms with Gasteiger partial charge in [0.1, 0.15) is 22.2 Å². The molecule has 0 saturated heterocycles. The van der Waals surface area contributed by atoms with Crippen molar-refractivity contribution in [3.05, 3.63) is 42.2 Å². The Kier molecular flexibility index (Phi) is 5.46. The monoisotopic (exact) mass is 504 g/mol. The molecular formula is C18H12N6O6S3. The molecule has 0 fully saturated rings. The summed E-state index contributed by atoms with van der Waals surface area (Å²) in [5, 5.41) is 28.4. The van der Waals surface area contributed by atoms with Crippen LogP contribution in [0.3, 0.4) is 0 Å². The smallest absolute Gasteiger partial charge is 0.298 e. The number of hydrogen-bond acceptors (Lipinski definition) is 11. The van der Waals surface area contributed by atoms with Crippen molar-refractivity contribution < 1.29 is 26.5 Å². The maximum Gasteiger partial charge on any atom is 0.298 e. The molecule has 2 aromatic heterocycles. The Labute approximate surface area is 190 Å². The van der Waals surface area contributed by atoms with Gasteiger partial charge in [-0.25, -0.2) is 8.42 Å². The van der Waals surface area contributed by atoms with Gasteiger partial charge in [-0.05, 0) is 23.7 Å². The van der Waals surface area contributed by atoms with Crippen molar-refractivity contribution in [1.82, 2.24) is 9.36 Å². The predicted octanol–water partition coefficient (Wildman–Crippen LogP) is 3.46. The second-order valence-corrected chi connectivity index (χ2v) is 10.6. The van der Waals surface area contributed by atoms with Crippen LogP contribution in [-0.4, -0.2) is 42.1 Å². The fraction of sp³-hybridized carbons (Fsp3) is 0.0556. The van der Waals surface area contributed by atoms with Gasteiger partial charge in [-0.15, -0.1) is 10.2 Å².